The van der Waals surface area contributed by atoms with Gasteiger partial charge in [0.25, 0.3) is 0 Å². The van der Waals surface area contributed by atoms with E-state index in [4.69, 9.17) is 15.2 Å². The van der Waals surface area contributed by atoms with Crippen LogP contribution in [-0.2, 0) is 14.3 Å². The Kier molecular flexibility index (Phi) is 5.45. The molecule has 0 saturated carbocycles. The summed E-state index contributed by atoms with van der Waals surface area (Å²) in [7, 11) is 1.36. The maximum absolute atomic E-state index is 12.2. The molecule has 5 heteroatoms. The number of ether oxygens (including phenoxy) is 2. The summed E-state index contributed by atoms with van der Waals surface area (Å²) in [6, 6.07) is 0. The molecule has 0 aliphatic rings. The quantitative estimate of drug-likeness (QED) is 0.656. The summed E-state index contributed by atoms with van der Waals surface area (Å²) in [5.41, 5.74) is 9.93. The molecule has 0 spiro atoms. The summed E-state index contributed by atoms with van der Waals surface area (Å²) in [5.74, 6) is -0.434. The molecule has 0 aromatic heterocycles. The first-order chi connectivity index (χ1) is 9.51. The van der Waals surface area contributed by atoms with Gasteiger partial charge >= 0.3 is 5.97 Å². The molecule has 0 heterocycles. The van der Waals surface area contributed by atoms with Crippen LogP contribution in [0.2, 0.25) is 0 Å². The van der Waals surface area contributed by atoms with Crippen molar-refractivity contribution in [2.45, 2.75) is 53.2 Å². The number of nitrogen functional groups attached to an aromatic ring is 1. The standard InChI is InChI=1S/C16H24BrNO3/c1-8-9(2)13(18)10(3)11(12(8)17)14(15(19)20-7)21-16(4,5)6/h14H,18H2,1-7H3/t14-/m0/s1. The Hall–Kier alpha value is -1.07. The van der Waals surface area contributed by atoms with Gasteiger partial charge in [-0.15, -0.1) is 0 Å². The normalized spacial score (nSPS) is 13.1. The molecule has 0 amide bonds. The van der Waals surface area contributed by atoms with Crippen LogP contribution in [0.25, 0.3) is 0 Å². The summed E-state index contributed by atoms with van der Waals surface area (Å²) in [4.78, 5) is 12.2. The number of esters is 1. The topological polar surface area (TPSA) is 61.5 Å². The predicted molar refractivity (Wildman–Crippen MR) is 88.4 cm³/mol. The van der Waals surface area contributed by atoms with Crippen LogP contribution in [0.5, 0.6) is 0 Å². The number of hydrogen-bond donors (Lipinski definition) is 1. The van der Waals surface area contributed by atoms with Crippen molar-refractivity contribution in [2.75, 3.05) is 12.8 Å². The smallest absolute Gasteiger partial charge is 0.339 e. The van der Waals surface area contributed by atoms with Gasteiger partial charge in [-0.1, -0.05) is 15.9 Å². The summed E-state index contributed by atoms with van der Waals surface area (Å²) in [6.45, 7) is 11.5. The van der Waals surface area contributed by atoms with E-state index in [9.17, 15) is 4.79 Å². The van der Waals surface area contributed by atoms with E-state index >= 15 is 0 Å². The zero-order chi connectivity index (χ0) is 16.5. The lowest BCUT2D eigenvalue weighted by Crippen LogP contribution is -2.29. The highest BCUT2D eigenvalue weighted by Crippen LogP contribution is 2.39. The number of hydrogen-bond acceptors (Lipinski definition) is 4. The van der Waals surface area contributed by atoms with Crippen LogP contribution >= 0.6 is 15.9 Å². The molecule has 0 aliphatic carbocycles. The average Bonchev–Trinajstić information content (AvgIpc) is 2.39. The molecule has 0 saturated heterocycles. The van der Waals surface area contributed by atoms with Gasteiger partial charge in [-0.2, -0.15) is 0 Å². The van der Waals surface area contributed by atoms with Crippen molar-refractivity contribution in [2.24, 2.45) is 0 Å². The van der Waals surface area contributed by atoms with Gasteiger partial charge in [0, 0.05) is 15.7 Å². The van der Waals surface area contributed by atoms with Crippen molar-refractivity contribution in [3.05, 3.63) is 26.7 Å². The van der Waals surface area contributed by atoms with Gasteiger partial charge in [0.1, 0.15) is 0 Å². The molecule has 0 fully saturated rings. The van der Waals surface area contributed by atoms with E-state index in [1.165, 1.54) is 7.11 Å². The maximum Gasteiger partial charge on any atom is 0.339 e. The minimum atomic E-state index is -0.814. The molecular formula is C16H24BrNO3. The number of rotatable bonds is 3. The van der Waals surface area contributed by atoms with Crippen molar-refractivity contribution < 1.29 is 14.3 Å². The second kappa shape index (κ2) is 6.36. The lowest BCUT2D eigenvalue weighted by Gasteiger charge is -2.29. The third kappa shape index (κ3) is 3.77. The lowest BCUT2D eigenvalue weighted by molar-refractivity contribution is -0.164. The molecule has 0 bridgehead atoms. The zero-order valence-electron chi connectivity index (χ0n) is 13.8. The molecule has 21 heavy (non-hydrogen) atoms. The maximum atomic E-state index is 12.2. The Morgan fingerprint density at radius 3 is 2.10 bits per heavy atom. The first-order valence-corrected chi connectivity index (χ1v) is 7.60. The summed E-state index contributed by atoms with van der Waals surface area (Å²) in [6.07, 6.45) is -0.814. The Morgan fingerprint density at radius 1 is 1.14 bits per heavy atom. The lowest BCUT2D eigenvalue weighted by atomic mass is 9.94. The fourth-order valence-electron chi connectivity index (χ4n) is 2.16. The minimum absolute atomic E-state index is 0.434. The van der Waals surface area contributed by atoms with Crippen LogP contribution in [0.15, 0.2) is 4.47 Å². The first kappa shape index (κ1) is 18.0. The van der Waals surface area contributed by atoms with E-state index in [-0.39, 0.29) is 0 Å². The Labute approximate surface area is 135 Å². The van der Waals surface area contributed by atoms with E-state index < -0.39 is 17.7 Å². The Bertz CT molecular complexity index is 533. The molecule has 0 radical (unpaired) electrons. The van der Waals surface area contributed by atoms with Crippen molar-refractivity contribution in [3.63, 3.8) is 0 Å². The summed E-state index contributed by atoms with van der Waals surface area (Å²) < 4.78 is 11.7. The third-order valence-electron chi connectivity index (χ3n) is 3.49. The van der Waals surface area contributed by atoms with Crippen molar-refractivity contribution in [1.29, 1.82) is 0 Å². The highest BCUT2D eigenvalue weighted by atomic mass is 79.9. The number of anilines is 1. The molecular weight excluding hydrogens is 334 g/mol. The van der Waals surface area contributed by atoms with Gasteiger partial charge in [0.15, 0.2) is 6.10 Å². The summed E-state index contributed by atoms with van der Waals surface area (Å²) in [5, 5.41) is 0. The van der Waals surface area contributed by atoms with Gasteiger partial charge < -0.3 is 15.2 Å². The van der Waals surface area contributed by atoms with Crippen molar-refractivity contribution >= 4 is 27.6 Å². The molecule has 1 rings (SSSR count). The van der Waals surface area contributed by atoms with E-state index in [1.807, 2.05) is 41.5 Å². The third-order valence-corrected chi connectivity index (χ3v) is 4.51. The SMILES string of the molecule is COC(=O)[C@@H](OC(C)(C)C)c1c(C)c(N)c(C)c(C)c1Br. The number of carbonyl (C=O) groups excluding carboxylic acids is 1. The van der Waals surface area contributed by atoms with Gasteiger partial charge in [-0.25, -0.2) is 4.79 Å². The van der Waals surface area contributed by atoms with Crippen LogP contribution in [0.3, 0.4) is 0 Å². The molecule has 2 N–H and O–H groups in total. The van der Waals surface area contributed by atoms with E-state index in [0.29, 0.717) is 5.69 Å². The molecule has 118 valence electrons. The fraction of sp³-hybridized carbons (Fsp3) is 0.562. The second-order valence-corrected chi connectivity index (χ2v) is 6.94. The second-order valence-electron chi connectivity index (χ2n) is 6.15. The largest absolute Gasteiger partial charge is 0.467 e. The predicted octanol–water partition coefficient (Wildman–Crippen LogP) is 3.99. The van der Waals surface area contributed by atoms with Crippen molar-refractivity contribution in [3.8, 4) is 0 Å². The molecule has 1 aromatic carbocycles. The number of halogens is 1. The van der Waals surface area contributed by atoms with E-state index in [1.54, 1.807) is 0 Å². The molecule has 1 aromatic rings. The number of methoxy groups -OCH3 is 1. The number of carbonyl (C=O) groups is 1. The van der Waals surface area contributed by atoms with Gasteiger partial charge in [-0.3, -0.25) is 0 Å². The minimum Gasteiger partial charge on any atom is -0.467 e. The Balaban J connectivity index is 3.55. The van der Waals surface area contributed by atoms with E-state index in [2.05, 4.69) is 15.9 Å². The molecule has 0 unspecified atom stereocenters. The van der Waals surface area contributed by atoms with Crippen LogP contribution in [0.1, 0.15) is 49.1 Å². The van der Waals surface area contributed by atoms with Gasteiger partial charge in [0.2, 0.25) is 0 Å². The molecule has 4 nitrogen and oxygen atoms in total. The van der Waals surface area contributed by atoms with Gasteiger partial charge in [0.05, 0.1) is 12.7 Å². The zero-order valence-corrected chi connectivity index (χ0v) is 15.3. The van der Waals surface area contributed by atoms with Crippen LogP contribution in [0.4, 0.5) is 5.69 Å². The van der Waals surface area contributed by atoms with Gasteiger partial charge in [-0.05, 0) is 58.2 Å². The number of nitrogens with two attached hydrogens (primary N) is 1. The van der Waals surface area contributed by atoms with Crippen LogP contribution in [0, 0.1) is 20.8 Å². The fourth-order valence-corrected chi connectivity index (χ4v) is 2.96. The molecule has 1 atom stereocenters. The summed E-state index contributed by atoms with van der Waals surface area (Å²) >= 11 is 3.58. The highest BCUT2D eigenvalue weighted by molar-refractivity contribution is 9.10. The van der Waals surface area contributed by atoms with Crippen LogP contribution in [-0.4, -0.2) is 18.7 Å². The Morgan fingerprint density at radius 2 is 1.67 bits per heavy atom. The highest BCUT2D eigenvalue weighted by Gasteiger charge is 2.32. The van der Waals surface area contributed by atoms with Crippen molar-refractivity contribution in [1.82, 2.24) is 0 Å². The number of benzene rings is 1. The average molecular weight is 358 g/mol. The van der Waals surface area contributed by atoms with Crippen LogP contribution < -0.4 is 5.73 Å². The monoisotopic (exact) mass is 357 g/mol. The van der Waals surface area contributed by atoms with E-state index in [0.717, 1.165) is 26.7 Å². The first-order valence-electron chi connectivity index (χ1n) is 6.81. The molecule has 0 aliphatic heterocycles.